The molecule has 166 valence electrons. The van der Waals surface area contributed by atoms with Crippen molar-refractivity contribution in [3.63, 3.8) is 0 Å². The molecule has 0 bridgehead atoms. The van der Waals surface area contributed by atoms with Gasteiger partial charge in [-0.05, 0) is 38.8 Å². The molecule has 2 atom stereocenters. The van der Waals surface area contributed by atoms with Crippen molar-refractivity contribution in [1.29, 1.82) is 0 Å². The Kier molecular flexibility index (Phi) is 5.63. The number of halogens is 3. The number of piperidine rings is 1. The van der Waals surface area contributed by atoms with Crippen LogP contribution in [0.25, 0.3) is 0 Å². The zero-order valence-electron chi connectivity index (χ0n) is 17.1. The van der Waals surface area contributed by atoms with Gasteiger partial charge in [0.15, 0.2) is 11.5 Å². The van der Waals surface area contributed by atoms with Crippen molar-refractivity contribution in [3.05, 3.63) is 41.9 Å². The first-order valence-electron chi connectivity index (χ1n) is 10.1. The van der Waals surface area contributed by atoms with E-state index in [-0.39, 0.29) is 23.6 Å². The fourth-order valence-electron chi connectivity index (χ4n) is 3.80. The van der Waals surface area contributed by atoms with Crippen LogP contribution in [-0.2, 0) is 11.0 Å². The number of ether oxygens (including phenoxy) is 2. The van der Waals surface area contributed by atoms with E-state index in [1.807, 2.05) is 12.1 Å². The number of carbonyl (C=O) groups is 1. The van der Waals surface area contributed by atoms with Gasteiger partial charge in [0.05, 0.1) is 0 Å². The van der Waals surface area contributed by atoms with Crippen LogP contribution in [0.2, 0.25) is 0 Å². The van der Waals surface area contributed by atoms with Gasteiger partial charge in [0.1, 0.15) is 23.4 Å². The summed E-state index contributed by atoms with van der Waals surface area (Å²) >= 11 is 0. The molecule has 7 nitrogen and oxygen atoms in total. The van der Waals surface area contributed by atoms with E-state index in [1.165, 1.54) is 6.92 Å². The van der Waals surface area contributed by atoms with E-state index in [9.17, 15) is 18.0 Å². The molecule has 0 unspecified atom stereocenters. The van der Waals surface area contributed by atoms with Crippen molar-refractivity contribution in [3.8, 4) is 11.5 Å². The summed E-state index contributed by atoms with van der Waals surface area (Å²) in [7, 11) is 0. The van der Waals surface area contributed by atoms with Gasteiger partial charge in [0.2, 0.25) is 6.10 Å². The lowest BCUT2D eigenvalue weighted by atomic mass is 10.0. The Morgan fingerprint density at radius 2 is 1.77 bits per heavy atom. The zero-order valence-corrected chi connectivity index (χ0v) is 17.1. The van der Waals surface area contributed by atoms with Crippen molar-refractivity contribution in [2.75, 3.05) is 18.0 Å². The van der Waals surface area contributed by atoms with Gasteiger partial charge in [0.25, 0.3) is 5.91 Å². The molecule has 4 rings (SSSR count). The van der Waals surface area contributed by atoms with Gasteiger partial charge in [-0.15, -0.1) is 0 Å². The Balaban J connectivity index is 1.36. The number of alkyl halides is 3. The highest BCUT2D eigenvalue weighted by molar-refractivity contribution is 5.82. The van der Waals surface area contributed by atoms with Crippen LogP contribution < -0.4 is 19.7 Å². The molecule has 0 saturated carbocycles. The molecule has 1 fully saturated rings. The SMILES string of the molecule is Cc1nc(N2CCC(NC(=O)[C@H]3Oc4ccccc4O[C@H]3C)CC2)cc(C(F)(F)F)n1. The summed E-state index contributed by atoms with van der Waals surface area (Å²) in [5, 5.41) is 2.99. The normalized spacial score (nSPS) is 21.6. The quantitative estimate of drug-likeness (QED) is 0.797. The standard InChI is InChI=1S/C21H23F3N4O3/c1-12-19(31-16-6-4-3-5-15(16)30-12)20(29)27-14-7-9-28(10-8-14)18-11-17(21(22,23)24)25-13(2)26-18/h3-6,11-12,14,19H,7-10H2,1-2H3,(H,27,29)/t12-,19-/m0/s1. The van der Waals surface area contributed by atoms with Crippen LogP contribution in [0.1, 0.15) is 31.3 Å². The minimum Gasteiger partial charge on any atom is -0.482 e. The van der Waals surface area contributed by atoms with Crippen LogP contribution in [0, 0.1) is 6.92 Å². The number of aryl methyl sites for hydroxylation is 1. The Morgan fingerprint density at radius 3 is 2.42 bits per heavy atom. The first kappa shape index (κ1) is 21.2. The van der Waals surface area contributed by atoms with Crippen molar-refractivity contribution in [2.24, 2.45) is 0 Å². The van der Waals surface area contributed by atoms with E-state index < -0.39 is 24.1 Å². The summed E-state index contributed by atoms with van der Waals surface area (Å²) in [5.41, 5.74) is -0.950. The molecule has 1 aromatic heterocycles. The van der Waals surface area contributed by atoms with Crippen LogP contribution in [0.3, 0.4) is 0 Å². The minimum atomic E-state index is -4.52. The number of para-hydroxylation sites is 2. The van der Waals surface area contributed by atoms with Crippen molar-refractivity contribution in [2.45, 2.75) is 51.1 Å². The number of nitrogens with zero attached hydrogens (tertiary/aromatic N) is 3. The lowest BCUT2D eigenvalue weighted by molar-refractivity contribution is -0.141. The van der Waals surface area contributed by atoms with Gasteiger partial charge < -0.3 is 19.7 Å². The third-order valence-electron chi connectivity index (χ3n) is 5.38. The molecule has 2 aromatic rings. The van der Waals surface area contributed by atoms with Crippen LogP contribution in [0.4, 0.5) is 19.0 Å². The number of aromatic nitrogens is 2. The molecule has 0 aliphatic carbocycles. The molecule has 10 heteroatoms. The van der Waals surface area contributed by atoms with E-state index in [2.05, 4.69) is 15.3 Å². The van der Waals surface area contributed by atoms with E-state index in [1.54, 1.807) is 24.0 Å². The first-order chi connectivity index (χ1) is 14.7. The second kappa shape index (κ2) is 8.24. The second-order valence-electron chi connectivity index (χ2n) is 7.73. The second-order valence-corrected chi connectivity index (χ2v) is 7.73. The summed E-state index contributed by atoms with van der Waals surface area (Å²) in [4.78, 5) is 22.2. The van der Waals surface area contributed by atoms with Crippen molar-refractivity contribution in [1.82, 2.24) is 15.3 Å². The fourth-order valence-corrected chi connectivity index (χ4v) is 3.80. The van der Waals surface area contributed by atoms with E-state index >= 15 is 0 Å². The maximum atomic E-state index is 13.0. The smallest absolute Gasteiger partial charge is 0.433 e. The van der Waals surface area contributed by atoms with Gasteiger partial charge >= 0.3 is 6.18 Å². The van der Waals surface area contributed by atoms with Crippen LogP contribution in [0.5, 0.6) is 11.5 Å². The zero-order chi connectivity index (χ0) is 22.2. The Hall–Kier alpha value is -3.04. The number of carbonyl (C=O) groups excluding carboxylic acids is 1. The molecule has 0 spiro atoms. The van der Waals surface area contributed by atoms with Gasteiger partial charge in [-0.25, -0.2) is 9.97 Å². The number of benzene rings is 1. The number of amides is 1. The van der Waals surface area contributed by atoms with Gasteiger partial charge in [-0.2, -0.15) is 13.2 Å². The highest BCUT2D eigenvalue weighted by Crippen LogP contribution is 2.34. The fraction of sp³-hybridized carbons (Fsp3) is 0.476. The van der Waals surface area contributed by atoms with Crippen molar-refractivity contribution >= 4 is 11.7 Å². The van der Waals surface area contributed by atoms with E-state index in [0.29, 0.717) is 37.4 Å². The topological polar surface area (TPSA) is 76.6 Å². The average Bonchev–Trinajstić information content (AvgIpc) is 2.72. The summed E-state index contributed by atoms with van der Waals surface area (Å²) in [6.45, 7) is 4.16. The lowest BCUT2D eigenvalue weighted by Gasteiger charge is -2.35. The summed E-state index contributed by atoms with van der Waals surface area (Å²) in [6, 6.07) is 8.04. The molecule has 3 heterocycles. The summed E-state index contributed by atoms with van der Waals surface area (Å²) in [6.07, 6.45) is -4.58. The number of hydrogen-bond acceptors (Lipinski definition) is 6. The predicted molar refractivity (Wildman–Crippen MR) is 106 cm³/mol. The van der Waals surface area contributed by atoms with Gasteiger partial charge in [0, 0.05) is 25.2 Å². The molecular weight excluding hydrogens is 413 g/mol. The molecule has 1 N–H and O–H groups in total. The number of nitrogens with one attached hydrogen (secondary N) is 1. The van der Waals surface area contributed by atoms with Gasteiger partial charge in [-0.1, -0.05) is 12.1 Å². The first-order valence-corrected chi connectivity index (χ1v) is 10.1. The molecule has 1 saturated heterocycles. The molecule has 2 aliphatic rings. The van der Waals surface area contributed by atoms with Crippen molar-refractivity contribution < 1.29 is 27.4 Å². The Morgan fingerprint density at radius 1 is 1.13 bits per heavy atom. The average molecular weight is 436 g/mol. The largest absolute Gasteiger partial charge is 0.482 e. The monoisotopic (exact) mass is 436 g/mol. The number of fused-ring (bicyclic) bond motifs is 1. The number of rotatable bonds is 3. The third-order valence-corrected chi connectivity index (χ3v) is 5.38. The van der Waals surface area contributed by atoms with Crippen LogP contribution >= 0.6 is 0 Å². The number of anilines is 1. The molecule has 1 aromatic carbocycles. The van der Waals surface area contributed by atoms with Crippen LogP contribution in [-0.4, -0.2) is 47.2 Å². The maximum absolute atomic E-state index is 13.0. The summed E-state index contributed by atoms with van der Waals surface area (Å²) in [5.74, 6) is 1.18. The Labute approximate surface area is 177 Å². The molecule has 31 heavy (non-hydrogen) atoms. The lowest BCUT2D eigenvalue weighted by Crippen LogP contribution is -2.53. The molecule has 2 aliphatic heterocycles. The minimum absolute atomic E-state index is 0.0731. The number of hydrogen-bond donors (Lipinski definition) is 1. The Bertz CT molecular complexity index is 961. The highest BCUT2D eigenvalue weighted by atomic mass is 19.4. The molecular formula is C21H23F3N4O3. The van der Waals surface area contributed by atoms with Crippen LogP contribution in [0.15, 0.2) is 30.3 Å². The van der Waals surface area contributed by atoms with E-state index in [0.717, 1.165) is 6.07 Å². The third kappa shape index (κ3) is 4.67. The molecule has 0 radical (unpaired) electrons. The van der Waals surface area contributed by atoms with Gasteiger partial charge in [-0.3, -0.25) is 4.79 Å². The molecule has 1 amide bonds. The predicted octanol–water partition coefficient (Wildman–Crippen LogP) is 3.12. The highest BCUT2D eigenvalue weighted by Gasteiger charge is 2.36. The summed E-state index contributed by atoms with van der Waals surface area (Å²) < 4.78 is 50.7. The maximum Gasteiger partial charge on any atom is 0.433 e. The van der Waals surface area contributed by atoms with E-state index in [4.69, 9.17) is 9.47 Å².